The molecule has 0 N–H and O–H groups in total. The lowest BCUT2D eigenvalue weighted by Crippen LogP contribution is -2.00. The SMILES string of the molecule is CCCC(Br)CCc1ccc2c(c1)OCCCO2. The lowest BCUT2D eigenvalue weighted by atomic mass is 10.1. The number of hydrogen-bond acceptors (Lipinski definition) is 2. The molecule has 3 heteroatoms. The molecular formula is C15H21BrO2. The van der Waals surface area contributed by atoms with Crippen LogP contribution in [-0.2, 0) is 6.42 Å². The lowest BCUT2D eigenvalue weighted by molar-refractivity contribution is 0.297. The van der Waals surface area contributed by atoms with Gasteiger partial charge in [-0.2, -0.15) is 0 Å². The first-order valence-electron chi connectivity index (χ1n) is 6.82. The molecule has 2 rings (SSSR count). The first-order valence-corrected chi connectivity index (χ1v) is 7.73. The van der Waals surface area contributed by atoms with Crippen LogP contribution in [0.5, 0.6) is 11.5 Å². The summed E-state index contributed by atoms with van der Waals surface area (Å²) in [7, 11) is 0. The van der Waals surface area contributed by atoms with Gasteiger partial charge in [-0.25, -0.2) is 0 Å². The van der Waals surface area contributed by atoms with E-state index in [4.69, 9.17) is 9.47 Å². The molecule has 0 saturated carbocycles. The summed E-state index contributed by atoms with van der Waals surface area (Å²) in [5, 5.41) is 0. The third kappa shape index (κ3) is 3.91. The molecule has 0 saturated heterocycles. The highest BCUT2D eigenvalue weighted by molar-refractivity contribution is 9.09. The molecule has 2 nitrogen and oxygen atoms in total. The maximum Gasteiger partial charge on any atom is 0.161 e. The van der Waals surface area contributed by atoms with Gasteiger partial charge in [0, 0.05) is 11.2 Å². The van der Waals surface area contributed by atoms with Gasteiger partial charge in [-0.15, -0.1) is 0 Å². The van der Waals surface area contributed by atoms with Crippen LogP contribution in [-0.4, -0.2) is 18.0 Å². The molecule has 1 aliphatic rings. The minimum Gasteiger partial charge on any atom is -0.490 e. The van der Waals surface area contributed by atoms with E-state index in [-0.39, 0.29) is 0 Å². The second-order valence-electron chi connectivity index (χ2n) is 4.76. The fourth-order valence-electron chi connectivity index (χ4n) is 2.14. The zero-order valence-corrected chi connectivity index (χ0v) is 12.5. The molecule has 0 spiro atoms. The van der Waals surface area contributed by atoms with Gasteiger partial charge in [-0.05, 0) is 37.0 Å². The van der Waals surface area contributed by atoms with Crippen molar-refractivity contribution in [3.05, 3.63) is 23.8 Å². The predicted octanol–water partition coefficient (Wildman–Crippen LogP) is 4.34. The maximum absolute atomic E-state index is 5.71. The number of alkyl halides is 1. The van der Waals surface area contributed by atoms with Crippen molar-refractivity contribution in [3.63, 3.8) is 0 Å². The molecule has 1 unspecified atom stereocenters. The molecule has 0 amide bonds. The summed E-state index contributed by atoms with van der Waals surface area (Å²) in [6.07, 6.45) is 5.70. The van der Waals surface area contributed by atoms with Crippen LogP contribution in [0.1, 0.15) is 38.2 Å². The Balaban J connectivity index is 1.95. The fourth-order valence-corrected chi connectivity index (χ4v) is 2.83. The van der Waals surface area contributed by atoms with Crippen LogP contribution < -0.4 is 9.47 Å². The Morgan fingerprint density at radius 1 is 1.17 bits per heavy atom. The van der Waals surface area contributed by atoms with Gasteiger partial charge in [-0.3, -0.25) is 0 Å². The minimum absolute atomic E-state index is 0.624. The topological polar surface area (TPSA) is 18.5 Å². The van der Waals surface area contributed by atoms with Gasteiger partial charge < -0.3 is 9.47 Å². The normalized spacial score (nSPS) is 16.1. The highest BCUT2D eigenvalue weighted by Crippen LogP contribution is 2.31. The molecule has 0 aliphatic carbocycles. The van der Waals surface area contributed by atoms with Crippen LogP contribution in [0.3, 0.4) is 0 Å². The summed E-state index contributed by atoms with van der Waals surface area (Å²) in [6.45, 7) is 3.74. The molecule has 1 aromatic rings. The quantitative estimate of drug-likeness (QED) is 0.753. The van der Waals surface area contributed by atoms with Crippen LogP contribution in [0.4, 0.5) is 0 Å². The van der Waals surface area contributed by atoms with E-state index in [1.165, 1.54) is 24.8 Å². The Labute approximate surface area is 118 Å². The van der Waals surface area contributed by atoms with Crippen molar-refractivity contribution in [2.75, 3.05) is 13.2 Å². The van der Waals surface area contributed by atoms with Crippen molar-refractivity contribution < 1.29 is 9.47 Å². The lowest BCUT2D eigenvalue weighted by Gasteiger charge is -2.11. The van der Waals surface area contributed by atoms with Crippen LogP contribution in [0, 0.1) is 0 Å². The Hall–Kier alpha value is -0.700. The molecule has 1 heterocycles. The van der Waals surface area contributed by atoms with E-state index >= 15 is 0 Å². The molecule has 1 atom stereocenters. The van der Waals surface area contributed by atoms with Gasteiger partial charge in [-0.1, -0.05) is 35.3 Å². The summed E-state index contributed by atoms with van der Waals surface area (Å²) < 4.78 is 11.3. The van der Waals surface area contributed by atoms with Crippen molar-refractivity contribution in [2.45, 2.75) is 43.9 Å². The Morgan fingerprint density at radius 2 is 1.94 bits per heavy atom. The number of aryl methyl sites for hydroxylation is 1. The first-order chi connectivity index (χ1) is 8.79. The number of rotatable bonds is 5. The minimum atomic E-state index is 0.624. The smallest absolute Gasteiger partial charge is 0.161 e. The zero-order valence-electron chi connectivity index (χ0n) is 11.0. The van der Waals surface area contributed by atoms with Gasteiger partial charge in [0.05, 0.1) is 13.2 Å². The molecule has 1 aromatic carbocycles. The fraction of sp³-hybridized carbons (Fsp3) is 0.600. The van der Waals surface area contributed by atoms with Gasteiger partial charge in [0.2, 0.25) is 0 Å². The summed E-state index contributed by atoms with van der Waals surface area (Å²) in [6, 6.07) is 6.32. The maximum atomic E-state index is 5.71. The molecule has 18 heavy (non-hydrogen) atoms. The predicted molar refractivity (Wildman–Crippen MR) is 78.0 cm³/mol. The van der Waals surface area contributed by atoms with Crippen molar-refractivity contribution in [1.82, 2.24) is 0 Å². The number of benzene rings is 1. The van der Waals surface area contributed by atoms with Crippen molar-refractivity contribution in [1.29, 1.82) is 0 Å². The first kappa shape index (κ1) is 13.7. The van der Waals surface area contributed by atoms with Gasteiger partial charge in [0.15, 0.2) is 11.5 Å². The highest BCUT2D eigenvalue weighted by atomic mass is 79.9. The zero-order chi connectivity index (χ0) is 12.8. The third-order valence-corrected chi connectivity index (χ3v) is 4.08. The second-order valence-corrected chi connectivity index (χ2v) is 6.05. The van der Waals surface area contributed by atoms with Crippen molar-refractivity contribution in [3.8, 4) is 11.5 Å². The van der Waals surface area contributed by atoms with E-state index < -0.39 is 0 Å². The second kappa shape index (κ2) is 7.03. The van der Waals surface area contributed by atoms with Crippen LogP contribution in [0.15, 0.2) is 18.2 Å². The molecule has 1 aliphatic heterocycles. The molecule has 0 radical (unpaired) electrons. The largest absolute Gasteiger partial charge is 0.490 e. The molecule has 0 bridgehead atoms. The van der Waals surface area contributed by atoms with E-state index in [0.29, 0.717) is 4.83 Å². The summed E-state index contributed by atoms with van der Waals surface area (Å²) in [5.74, 6) is 1.80. The highest BCUT2D eigenvalue weighted by Gasteiger charge is 2.11. The Kier molecular flexibility index (Phi) is 5.36. The monoisotopic (exact) mass is 312 g/mol. The molecule has 100 valence electrons. The van der Waals surface area contributed by atoms with E-state index in [2.05, 4.69) is 35.0 Å². The van der Waals surface area contributed by atoms with Crippen molar-refractivity contribution >= 4 is 15.9 Å². The molecular weight excluding hydrogens is 292 g/mol. The molecule has 0 aromatic heterocycles. The van der Waals surface area contributed by atoms with Gasteiger partial charge >= 0.3 is 0 Å². The van der Waals surface area contributed by atoms with E-state index in [1.54, 1.807) is 0 Å². The average Bonchev–Trinajstić information content (AvgIpc) is 2.61. The number of fused-ring (bicyclic) bond motifs is 1. The number of halogens is 1. The summed E-state index contributed by atoms with van der Waals surface area (Å²) >= 11 is 3.73. The Morgan fingerprint density at radius 3 is 2.72 bits per heavy atom. The standard InChI is InChI=1S/C15H21BrO2/c1-2-4-13(16)7-5-12-6-8-14-15(11-12)18-10-3-9-17-14/h6,8,11,13H,2-5,7,9-10H2,1H3. The van der Waals surface area contributed by atoms with E-state index in [9.17, 15) is 0 Å². The third-order valence-electron chi connectivity index (χ3n) is 3.16. The van der Waals surface area contributed by atoms with Crippen LogP contribution in [0.25, 0.3) is 0 Å². The van der Waals surface area contributed by atoms with Gasteiger partial charge in [0.1, 0.15) is 0 Å². The average molecular weight is 313 g/mol. The van der Waals surface area contributed by atoms with E-state index in [1.807, 2.05) is 6.07 Å². The number of hydrogen-bond donors (Lipinski definition) is 0. The van der Waals surface area contributed by atoms with Crippen LogP contribution in [0.2, 0.25) is 0 Å². The molecule has 0 fully saturated rings. The Bertz CT molecular complexity index is 379. The van der Waals surface area contributed by atoms with E-state index in [0.717, 1.165) is 37.6 Å². The summed E-state index contributed by atoms with van der Waals surface area (Å²) in [4.78, 5) is 0.624. The van der Waals surface area contributed by atoms with Crippen molar-refractivity contribution in [2.24, 2.45) is 0 Å². The van der Waals surface area contributed by atoms with Gasteiger partial charge in [0.25, 0.3) is 0 Å². The van der Waals surface area contributed by atoms with Crippen LogP contribution >= 0.6 is 15.9 Å². The summed E-state index contributed by atoms with van der Waals surface area (Å²) in [5.41, 5.74) is 1.33. The number of ether oxygens (including phenoxy) is 2.